The molecule has 1 heterocycles. The van der Waals surface area contributed by atoms with Crippen molar-refractivity contribution in [1.29, 1.82) is 0 Å². The monoisotopic (exact) mass is 254 g/mol. The van der Waals surface area contributed by atoms with Crippen LogP contribution in [0.15, 0.2) is 0 Å². The maximum Gasteiger partial charge on any atom is 0.0740 e. The van der Waals surface area contributed by atoms with Gasteiger partial charge in [0.1, 0.15) is 0 Å². The number of hydrogen-bond donors (Lipinski definition) is 2. The molecule has 106 valence electrons. The number of hydrogen-bond acceptors (Lipinski definition) is 3. The lowest BCUT2D eigenvalue weighted by atomic mass is 9.65. The van der Waals surface area contributed by atoms with Crippen LogP contribution in [0.3, 0.4) is 0 Å². The average molecular weight is 254 g/mol. The van der Waals surface area contributed by atoms with Gasteiger partial charge in [-0.3, -0.25) is 0 Å². The number of nitrogens with two attached hydrogens (primary N) is 1. The van der Waals surface area contributed by atoms with E-state index in [1.807, 2.05) is 0 Å². The first-order valence-electron chi connectivity index (χ1n) is 7.74. The SMILES string of the molecule is CCC1CCC(CN)(C2(O)CCN(CC)CC2)C1. The quantitative estimate of drug-likeness (QED) is 0.806. The third kappa shape index (κ3) is 2.33. The Morgan fingerprint density at radius 3 is 2.33 bits per heavy atom. The van der Waals surface area contributed by atoms with Gasteiger partial charge in [-0.1, -0.05) is 20.3 Å². The number of rotatable bonds is 4. The van der Waals surface area contributed by atoms with Crippen LogP contribution in [0.25, 0.3) is 0 Å². The zero-order valence-electron chi connectivity index (χ0n) is 12.1. The highest BCUT2D eigenvalue weighted by molar-refractivity contribution is 5.05. The van der Waals surface area contributed by atoms with Crippen LogP contribution in [-0.2, 0) is 0 Å². The Balaban J connectivity index is 2.08. The van der Waals surface area contributed by atoms with Crippen molar-refractivity contribution in [1.82, 2.24) is 4.90 Å². The van der Waals surface area contributed by atoms with Crippen LogP contribution in [0.4, 0.5) is 0 Å². The van der Waals surface area contributed by atoms with E-state index in [1.54, 1.807) is 0 Å². The van der Waals surface area contributed by atoms with Crippen molar-refractivity contribution in [3.8, 4) is 0 Å². The van der Waals surface area contributed by atoms with Crippen molar-refractivity contribution in [2.75, 3.05) is 26.2 Å². The van der Waals surface area contributed by atoms with E-state index in [4.69, 9.17) is 5.73 Å². The van der Waals surface area contributed by atoms with Gasteiger partial charge in [-0.05, 0) is 44.6 Å². The fraction of sp³-hybridized carbons (Fsp3) is 1.00. The first kappa shape index (κ1) is 14.3. The lowest BCUT2D eigenvalue weighted by Crippen LogP contribution is -2.57. The van der Waals surface area contributed by atoms with Gasteiger partial charge in [-0.15, -0.1) is 0 Å². The third-order valence-corrected chi connectivity index (χ3v) is 5.80. The van der Waals surface area contributed by atoms with Crippen LogP contribution in [0, 0.1) is 11.3 Å². The second kappa shape index (κ2) is 5.48. The van der Waals surface area contributed by atoms with E-state index in [2.05, 4.69) is 18.7 Å². The molecule has 0 aromatic heterocycles. The van der Waals surface area contributed by atoms with E-state index < -0.39 is 5.60 Å². The fourth-order valence-electron chi connectivity index (χ4n) is 4.15. The van der Waals surface area contributed by atoms with E-state index in [1.165, 1.54) is 12.8 Å². The molecule has 18 heavy (non-hydrogen) atoms. The molecule has 2 atom stereocenters. The molecule has 2 aliphatic rings. The summed E-state index contributed by atoms with van der Waals surface area (Å²) in [5.74, 6) is 0.779. The van der Waals surface area contributed by atoms with Crippen molar-refractivity contribution >= 4 is 0 Å². The van der Waals surface area contributed by atoms with Crippen LogP contribution < -0.4 is 5.73 Å². The molecule has 2 unspecified atom stereocenters. The zero-order chi connectivity index (χ0) is 13.2. The number of likely N-dealkylation sites (tertiary alicyclic amines) is 1. The molecule has 1 aliphatic carbocycles. The number of aliphatic hydroxyl groups is 1. The molecular weight excluding hydrogens is 224 g/mol. The molecule has 1 saturated carbocycles. The molecule has 1 saturated heterocycles. The topological polar surface area (TPSA) is 49.5 Å². The summed E-state index contributed by atoms with van der Waals surface area (Å²) in [4.78, 5) is 2.44. The largest absolute Gasteiger partial charge is 0.389 e. The summed E-state index contributed by atoms with van der Waals surface area (Å²) in [6, 6.07) is 0. The standard InChI is InChI=1S/C15H30N2O/c1-3-13-5-6-14(11-13,12-16)15(18)7-9-17(4-2)10-8-15/h13,18H,3-12,16H2,1-2H3. The fourth-order valence-corrected chi connectivity index (χ4v) is 4.15. The summed E-state index contributed by atoms with van der Waals surface area (Å²) in [5.41, 5.74) is 5.60. The zero-order valence-corrected chi connectivity index (χ0v) is 12.1. The minimum atomic E-state index is -0.503. The predicted molar refractivity (Wildman–Crippen MR) is 75.4 cm³/mol. The molecule has 2 rings (SSSR count). The van der Waals surface area contributed by atoms with E-state index >= 15 is 0 Å². The molecule has 0 aromatic carbocycles. The van der Waals surface area contributed by atoms with Gasteiger partial charge in [0, 0.05) is 25.0 Å². The van der Waals surface area contributed by atoms with Gasteiger partial charge in [-0.2, -0.15) is 0 Å². The van der Waals surface area contributed by atoms with Crippen LogP contribution in [-0.4, -0.2) is 41.8 Å². The van der Waals surface area contributed by atoms with Crippen molar-refractivity contribution in [2.24, 2.45) is 17.1 Å². The molecular formula is C15H30N2O. The molecule has 3 N–H and O–H groups in total. The molecule has 1 aliphatic heterocycles. The van der Waals surface area contributed by atoms with Crippen molar-refractivity contribution in [3.63, 3.8) is 0 Å². The molecule has 0 radical (unpaired) electrons. The normalized spacial score (nSPS) is 37.0. The number of nitrogens with zero attached hydrogens (tertiary/aromatic N) is 1. The Hall–Kier alpha value is -0.120. The summed E-state index contributed by atoms with van der Waals surface area (Å²) in [5, 5.41) is 11.1. The predicted octanol–water partition coefficient (Wildman–Crippen LogP) is 1.99. The lowest BCUT2D eigenvalue weighted by molar-refractivity contribution is -0.116. The average Bonchev–Trinajstić information content (AvgIpc) is 2.85. The first-order valence-corrected chi connectivity index (χ1v) is 7.74. The van der Waals surface area contributed by atoms with Gasteiger partial charge in [0.15, 0.2) is 0 Å². The Morgan fingerprint density at radius 2 is 1.89 bits per heavy atom. The van der Waals surface area contributed by atoms with E-state index in [-0.39, 0.29) is 5.41 Å². The van der Waals surface area contributed by atoms with Crippen molar-refractivity contribution in [3.05, 3.63) is 0 Å². The van der Waals surface area contributed by atoms with Gasteiger partial charge in [0.25, 0.3) is 0 Å². The second-order valence-electron chi connectivity index (χ2n) is 6.47. The summed E-state index contributed by atoms with van der Waals surface area (Å²) < 4.78 is 0. The van der Waals surface area contributed by atoms with E-state index in [9.17, 15) is 5.11 Å². The smallest absolute Gasteiger partial charge is 0.0740 e. The van der Waals surface area contributed by atoms with Crippen LogP contribution >= 0.6 is 0 Å². The highest BCUT2D eigenvalue weighted by Gasteiger charge is 2.53. The third-order valence-electron chi connectivity index (χ3n) is 5.80. The maximum atomic E-state index is 11.1. The Kier molecular flexibility index (Phi) is 4.35. The Bertz CT molecular complexity index is 274. The summed E-state index contributed by atoms with van der Waals surface area (Å²) in [7, 11) is 0. The van der Waals surface area contributed by atoms with Crippen LogP contribution in [0.1, 0.15) is 52.4 Å². The molecule has 0 aromatic rings. The van der Waals surface area contributed by atoms with Crippen LogP contribution in [0.5, 0.6) is 0 Å². The minimum absolute atomic E-state index is 0.00745. The molecule has 2 fully saturated rings. The molecule has 0 spiro atoms. The van der Waals surface area contributed by atoms with Gasteiger partial charge in [-0.25, -0.2) is 0 Å². The van der Waals surface area contributed by atoms with E-state index in [0.29, 0.717) is 6.54 Å². The highest BCUT2D eigenvalue weighted by Crippen LogP contribution is 2.52. The summed E-state index contributed by atoms with van der Waals surface area (Å²) >= 11 is 0. The summed E-state index contributed by atoms with van der Waals surface area (Å²) in [6.07, 6.45) is 6.59. The Morgan fingerprint density at radius 1 is 1.22 bits per heavy atom. The molecule has 0 amide bonds. The van der Waals surface area contributed by atoms with Gasteiger partial charge >= 0.3 is 0 Å². The van der Waals surface area contributed by atoms with Crippen molar-refractivity contribution < 1.29 is 5.11 Å². The molecule has 0 bridgehead atoms. The Labute approximate surface area is 112 Å². The second-order valence-corrected chi connectivity index (χ2v) is 6.47. The maximum absolute atomic E-state index is 11.1. The van der Waals surface area contributed by atoms with Gasteiger partial charge < -0.3 is 15.7 Å². The molecule has 3 nitrogen and oxygen atoms in total. The van der Waals surface area contributed by atoms with E-state index in [0.717, 1.165) is 51.2 Å². The number of piperidine rings is 1. The summed E-state index contributed by atoms with van der Waals surface area (Å²) in [6.45, 7) is 8.29. The lowest BCUT2D eigenvalue weighted by Gasteiger charge is -2.49. The van der Waals surface area contributed by atoms with Crippen molar-refractivity contribution in [2.45, 2.75) is 58.0 Å². The van der Waals surface area contributed by atoms with Gasteiger partial charge in [0.05, 0.1) is 5.60 Å². The minimum Gasteiger partial charge on any atom is -0.389 e. The van der Waals surface area contributed by atoms with Gasteiger partial charge in [0.2, 0.25) is 0 Å². The highest BCUT2D eigenvalue weighted by atomic mass is 16.3. The molecule has 3 heteroatoms. The first-order chi connectivity index (χ1) is 8.59. The van der Waals surface area contributed by atoms with Crippen LogP contribution in [0.2, 0.25) is 0 Å².